The molecule has 0 saturated heterocycles. The Bertz CT molecular complexity index is 451. The number of carbonyl (C=O) groups excluding carboxylic acids is 2. The van der Waals surface area contributed by atoms with E-state index in [1.807, 2.05) is 0 Å². The molecular formula is C11H13F2N3O3. The lowest BCUT2D eigenvalue weighted by Crippen LogP contribution is -2.44. The van der Waals surface area contributed by atoms with Crippen LogP contribution < -0.4 is 21.1 Å². The van der Waals surface area contributed by atoms with Gasteiger partial charge in [0, 0.05) is 5.69 Å². The highest BCUT2D eigenvalue weighted by atomic mass is 19.3. The van der Waals surface area contributed by atoms with Crippen molar-refractivity contribution in [3.63, 3.8) is 0 Å². The molecule has 1 rings (SSSR count). The van der Waals surface area contributed by atoms with Crippen LogP contribution in [0.25, 0.3) is 0 Å². The first-order valence-electron chi connectivity index (χ1n) is 5.30. The molecule has 0 fully saturated rings. The Morgan fingerprint density at radius 1 is 1.26 bits per heavy atom. The Labute approximate surface area is 107 Å². The molecule has 19 heavy (non-hydrogen) atoms. The van der Waals surface area contributed by atoms with Gasteiger partial charge in [-0.1, -0.05) is 0 Å². The van der Waals surface area contributed by atoms with Gasteiger partial charge in [-0.25, -0.2) is 4.79 Å². The molecule has 0 aliphatic heterocycles. The zero-order valence-electron chi connectivity index (χ0n) is 10.0. The molecule has 0 aliphatic carbocycles. The Hall–Kier alpha value is -2.38. The lowest BCUT2D eigenvalue weighted by Gasteiger charge is -2.12. The van der Waals surface area contributed by atoms with Crippen LogP contribution in [0.5, 0.6) is 5.75 Å². The van der Waals surface area contributed by atoms with Crippen LogP contribution in [0.2, 0.25) is 0 Å². The van der Waals surface area contributed by atoms with Crippen LogP contribution in [0.1, 0.15) is 6.92 Å². The van der Waals surface area contributed by atoms with Gasteiger partial charge in [-0.3, -0.25) is 4.79 Å². The maximum absolute atomic E-state index is 11.9. The van der Waals surface area contributed by atoms with E-state index in [4.69, 9.17) is 5.73 Å². The number of amides is 3. The molecule has 0 radical (unpaired) electrons. The van der Waals surface area contributed by atoms with E-state index in [1.165, 1.54) is 31.2 Å². The fourth-order valence-electron chi connectivity index (χ4n) is 1.25. The third kappa shape index (κ3) is 5.19. The normalized spacial score (nSPS) is 11.8. The molecule has 0 heterocycles. The highest BCUT2D eigenvalue weighted by Gasteiger charge is 2.14. The molecular weight excluding hydrogens is 260 g/mol. The summed E-state index contributed by atoms with van der Waals surface area (Å²) in [6.07, 6.45) is 0. The van der Waals surface area contributed by atoms with Crippen LogP contribution >= 0.6 is 0 Å². The molecule has 104 valence electrons. The van der Waals surface area contributed by atoms with E-state index >= 15 is 0 Å². The number of urea groups is 1. The maximum atomic E-state index is 11.9. The Morgan fingerprint density at radius 3 is 2.32 bits per heavy atom. The number of nitrogens with one attached hydrogen (secondary N) is 2. The SMILES string of the molecule is C[C@@H](NC(N)=O)C(=O)Nc1ccc(OC(F)F)cc1. The van der Waals surface area contributed by atoms with Gasteiger partial charge in [0.2, 0.25) is 5.91 Å². The molecule has 4 N–H and O–H groups in total. The van der Waals surface area contributed by atoms with Gasteiger partial charge in [-0.2, -0.15) is 8.78 Å². The lowest BCUT2D eigenvalue weighted by molar-refractivity contribution is -0.117. The fraction of sp³-hybridized carbons (Fsp3) is 0.273. The molecule has 0 aliphatic rings. The van der Waals surface area contributed by atoms with Crippen molar-refractivity contribution >= 4 is 17.6 Å². The number of halogens is 2. The summed E-state index contributed by atoms with van der Waals surface area (Å²) < 4.78 is 28.0. The van der Waals surface area contributed by atoms with E-state index < -0.39 is 24.6 Å². The topological polar surface area (TPSA) is 93.5 Å². The molecule has 1 aromatic carbocycles. The summed E-state index contributed by atoms with van der Waals surface area (Å²) in [5.74, 6) is -0.502. The molecule has 3 amide bonds. The molecule has 8 heteroatoms. The number of benzene rings is 1. The summed E-state index contributed by atoms with van der Waals surface area (Å²) in [7, 11) is 0. The molecule has 1 atom stereocenters. The predicted molar refractivity (Wildman–Crippen MR) is 63.9 cm³/mol. The average Bonchev–Trinajstić information content (AvgIpc) is 2.30. The Balaban J connectivity index is 2.57. The van der Waals surface area contributed by atoms with Crippen LogP contribution in [-0.2, 0) is 4.79 Å². The van der Waals surface area contributed by atoms with E-state index in [2.05, 4.69) is 15.4 Å². The molecule has 0 bridgehead atoms. The second-order valence-corrected chi connectivity index (χ2v) is 3.62. The van der Waals surface area contributed by atoms with E-state index in [9.17, 15) is 18.4 Å². The minimum Gasteiger partial charge on any atom is -0.435 e. The summed E-state index contributed by atoms with van der Waals surface area (Å²) in [6.45, 7) is -1.45. The Kier molecular flexibility index (Phi) is 5.04. The van der Waals surface area contributed by atoms with Gasteiger partial charge in [0.25, 0.3) is 0 Å². The van der Waals surface area contributed by atoms with Gasteiger partial charge in [-0.05, 0) is 31.2 Å². The standard InChI is InChI=1S/C11H13F2N3O3/c1-6(15-11(14)18)9(17)16-7-2-4-8(5-3-7)19-10(12)13/h2-6,10H,1H3,(H,16,17)(H3,14,15,18)/t6-/m1/s1. The van der Waals surface area contributed by atoms with Crippen LogP contribution in [-0.4, -0.2) is 24.6 Å². The first kappa shape index (κ1) is 14.7. The smallest absolute Gasteiger partial charge is 0.387 e. The first-order chi connectivity index (χ1) is 8.88. The highest BCUT2D eigenvalue weighted by molar-refractivity contribution is 5.96. The largest absolute Gasteiger partial charge is 0.435 e. The number of anilines is 1. The summed E-state index contributed by atoms with van der Waals surface area (Å²) in [5.41, 5.74) is 5.25. The number of hydrogen-bond acceptors (Lipinski definition) is 3. The number of ether oxygens (including phenoxy) is 1. The summed E-state index contributed by atoms with van der Waals surface area (Å²) in [5, 5.41) is 4.68. The minimum absolute atomic E-state index is 0.0173. The number of rotatable bonds is 5. The van der Waals surface area contributed by atoms with Crippen molar-refractivity contribution in [2.24, 2.45) is 5.73 Å². The summed E-state index contributed by atoms with van der Waals surface area (Å²) in [4.78, 5) is 22.1. The van der Waals surface area contributed by atoms with E-state index in [-0.39, 0.29) is 5.75 Å². The number of primary amides is 1. The van der Waals surface area contributed by atoms with Crippen molar-refractivity contribution in [2.75, 3.05) is 5.32 Å². The maximum Gasteiger partial charge on any atom is 0.387 e. The van der Waals surface area contributed by atoms with Gasteiger partial charge in [0.05, 0.1) is 0 Å². The van der Waals surface area contributed by atoms with Crippen LogP contribution in [0.4, 0.5) is 19.3 Å². The lowest BCUT2D eigenvalue weighted by atomic mass is 10.2. The number of carbonyl (C=O) groups is 2. The molecule has 1 aromatic rings. The van der Waals surface area contributed by atoms with Gasteiger partial charge in [0.15, 0.2) is 0 Å². The van der Waals surface area contributed by atoms with E-state index in [0.29, 0.717) is 5.69 Å². The van der Waals surface area contributed by atoms with Crippen molar-refractivity contribution in [2.45, 2.75) is 19.6 Å². The van der Waals surface area contributed by atoms with E-state index in [1.54, 1.807) is 0 Å². The minimum atomic E-state index is -2.90. The molecule has 6 nitrogen and oxygen atoms in total. The predicted octanol–water partition coefficient (Wildman–Crippen LogP) is 1.28. The van der Waals surface area contributed by atoms with Gasteiger partial charge >= 0.3 is 12.6 Å². The van der Waals surface area contributed by atoms with Crippen LogP contribution in [0.15, 0.2) is 24.3 Å². The van der Waals surface area contributed by atoms with E-state index in [0.717, 1.165) is 0 Å². The quantitative estimate of drug-likeness (QED) is 0.754. The van der Waals surface area contributed by atoms with Crippen molar-refractivity contribution in [3.05, 3.63) is 24.3 Å². The van der Waals surface area contributed by atoms with Crippen molar-refractivity contribution in [3.8, 4) is 5.75 Å². The van der Waals surface area contributed by atoms with Gasteiger partial charge < -0.3 is 21.1 Å². The highest BCUT2D eigenvalue weighted by Crippen LogP contribution is 2.17. The second kappa shape index (κ2) is 6.53. The molecule has 0 spiro atoms. The van der Waals surface area contributed by atoms with Crippen molar-refractivity contribution < 1.29 is 23.1 Å². The zero-order chi connectivity index (χ0) is 14.4. The third-order valence-electron chi connectivity index (χ3n) is 2.10. The van der Waals surface area contributed by atoms with Crippen LogP contribution in [0.3, 0.4) is 0 Å². The first-order valence-corrected chi connectivity index (χ1v) is 5.30. The zero-order valence-corrected chi connectivity index (χ0v) is 10.0. The summed E-state index contributed by atoms with van der Waals surface area (Å²) >= 11 is 0. The number of nitrogens with two attached hydrogens (primary N) is 1. The third-order valence-corrected chi connectivity index (χ3v) is 2.10. The summed E-state index contributed by atoms with van der Waals surface area (Å²) in [6, 6.07) is 3.74. The molecule has 0 aromatic heterocycles. The Morgan fingerprint density at radius 2 is 1.84 bits per heavy atom. The monoisotopic (exact) mass is 273 g/mol. The number of alkyl halides is 2. The van der Waals surface area contributed by atoms with Gasteiger partial charge in [0.1, 0.15) is 11.8 Å². The van der Waals surface area contributed by atoms with Gasteiger partial charge in [-0.15, -0.1) is 0 Å². The molecule has 0 unspecified atom stereocenters. The van der Waals surface area contributed by atoms with Crippen molar-refractivity contribution in [1.29, 1.82) is 0 Å². The fourth-order valence-corrected chi connectivity index (χ4v) is 1.25. The average molecular weight is 273 g/mol. The number of hydrogen-bond donors (Lipinski definition) is 3. The van der Waals surface area contributed by atoms with Crippen LogP contribution in [0, 0.1) is 0 Å². The molecule has 0 saturated carbocycles. The second-order valence-electron chi connectivity index (χ2n) is 3.62. The van der Waals surface area contributed by atoms with Crippen molar-refractivity contribution in [1.82, 2.24) is 5.32 Å².